The van der Waals surface area contributed by atoms with Crippen LogP contribution in [0.25, 0.3) is 0 Å². The van der Waals surface area contributed by atoms with Crippen molar-refractivity contribution >= 4 is 5.91 Å². The first-order valence-electron chi connectivity index (χ1n) is 9.34. The molecule has 6 nitrogen and oxygen atoms in total. The number of piperidine rings is 1. The summed E-state index contributed by atoms with van der Waals surface area (Å²) in [7, 11) is 0. The van der Waals surface area contributed by atoms with Crippen LogP contribution >= 0.6 is 0 Å². The van der Waals surface area contributed by atoms with Gasteiger partial charge in [0.05, 0.1) is 11.5 Å². The molecule has 8 heteroatoms. The minimum absolute atomic E-state index is 0.144. The second-order valence-corrected chi connectivity index (χ2v) is 6.85. The van der Waals surface area contributed by atoms with E-state index in [1.807, 2.05) is 30.3 Å². The molecule has 0 spiro atoms. The van der Waals surface area contributed by atoms with Gasteiger partial charge in [0.1, 0.15) is 17.4 Å². The van der Waals surface area contributed by atoms with Gasteiger partial charge in [0.15, 0.2) is 6.61 Å². The van der Waals surface area contributed by atoms with Gasteiger partial charge in [0.2, 0.25) is 5.89 Å². The Kier molecular flexibility index (Phi) is 5.50. The first kappa shape index (κ1) is 19.0. The number of carbonyl (C=O) groups excluding carboxylic acids is 1. The predicted octanol–water partition coefficient (Wildman–Crippen LogP) is 3.95. The summed E-state index contributed by atoms with van der Waals surface area (Å²) in [6.45, 7) is 0.967. The number of para-hydroxylation sites is 1. The van der Waals surface area contributed by atoms with E-state index in [2.05, 4.69) is 10.2 Å². The molecular weight excluding hydrogens is 380 g/mol. The van der Waals surface area contributed by atoms with Crippen molar-refractivity contribution in [2.24, 2.45) is 0 Å². The summed E-state index contributed by atoms with van der Waals surface area (Å²) in [5, 5.41) is 8.10. The van der Waals surface area contributed by atoms with Crippen LogP contribution in [0.15, 0.2) is 52.9 Å². The number of hydrogen-bond acceptors (Lipinski definition) is 5. The second kappa shape index (κ2) is 8.38. The minimum Gasteiger partial charge on any atom is -0.484 e. The van der Waals surface area contributed by atoms with Gasteiger partial charge in [-0.2, -0.15) is 0 Å². The Bertz CT molecular complexity index is 994. The molecule has 1 amide bonds. The lowest BCUT2D eigenvalue weighted by Crippen LogP contribution is -2.39. The van der Waals surface area contributed by atoms with E-state index in [9.17, 15) is 13.6 Å². The van der Waals surface area contributed by atoms with Gasteiger partial charge in [-0.25, -0.2) is 8.78 Å². The van der Waals surface area contributed by atoms with Gasteiger partial charge in [0, 0.05) is 19.2 Å². The first-order valence-corrected chi connectivity index (χ1v) is 9.34. The topological polar surface area (TPSA) is 68.5 Å². The van der Waals surface area contributed by atoms with Gasteiger partial charge in [-0.3, -0.25) is 4.79 Å². The van der Waals surface area contributed by atoms with Crippen molar-refractivity contribution in [3.63, 3.8) is 0 Å². The monoisotopic (exact) mass is 399 g/mol. The Morgan fingerprint density at radius 2 is 2.00 bits per heavy atom. The highest BCUT2D eigenvalue weighted by atomic mass is 19.1. The molecule has 3 aromatic rings. The Hall–Kier alpha value is -3.29. The molecule has 0 bridgehead atoms. The molecule has 29 heavy (non-hydrogen) atoms. The molecule has 1 aliphatic heterocycles. The van der Waals surface area contributed by atoms with Gasteiger partial charge in [-0.15, -0.1) is 10.2 Å². The standard InChI is InChI=1S/C21H19F2N3O3/c22-15-8-9-17(18(23)11-15)21(27)26-10-4-5-14(12-26)20-25-24-19(29-20)13-28-16-6-2-1-3-7-16/h1-3,6-9,11,14H,4-5,10,12-13H2. The highest BCUT2D eigenvalue weighted by Crippen LogP contribution is 2.27. The first-order chi connectivity index (χ1) is 14.1. The summed E-state index contributed by atoms with van der Waals surface area (Å²) in [4.78, 5) is 14.2. The summed E-state index contributed by atoms with van der Waals surface area (Å²) in [5.74, 6) is -0.732. The molecule has 0 aliphatic carbocycles. The van der Waals surface area contributed by atoms with Crippen molar-refractivity contribution in [3.8, 4) is 5.75 Å². The van der Waals surface area contributed by atoms with Gasteiger partial charge >= 0.3 is 0 Å². The number of likely N-dealkylation sites (tertiary alicyclic amines) is 1. The second-order valence-electron chi connectivity index (χ2n) is 6.85. The number of benzene rings is 2. The van der Waals surface area contributed by atoms with Crippen LogP contribution < -0.4 is 4.74 Å². The van der Waals surface area contributed by atoms with Crippen LogP contribution in [-0.2, 0) is 6.61 Å². The van der Waals surface area contributed by atoms with Gasteiger partial charge < -0.3 is 14.1 Å². The third-order valence-electron chi connectivity index (χ3n) is 4.81. The fourth-order valence-electron chi connectivity index (χ4n) is 3.35. The molecule has 1 aromatic heterocycles. The van der Waals surface area contributed by atoms with E-state index in [0.29, 0.717) is 36.7 Å². The molecule has 1 atom stereocenters. The smallest absolute Gasteiger partial charge is 0.256 e. The number of nitrogens with zero attached hydrogens (tertiary/aromatic N) is 3. The fourth-order valence-corrected chi connectivity index (χ4v) is 3.35. The van der Waals surface area contributed by atoms with E-state index >= 15 is 0 Å². The lowest BCUT2D eigenvalue weighted by Gasteiger charge is -2.31. The summed E-state index contributed by atoms with van der Waals surface area (Å²) < 4.78 is 38.4. The lowest BCUT2D eigenvalue weighted by atomic mass is 9.97. The number of rotatable bonds is 5. The van der Waals surface area contributed by atoms with E-state index < -0.39 is 17.5 Å². The van der Waals surface area contributed by atoms with Crippen LogP contribution in [-0.4, -0.2) is 34.1 Å². The van der Waals surface area contributed by atoms with Crippen LogP contribution in [0.2, 0.25) is 0 Å². The maximum absolute atomic E-state index is 14.0. The quantitative estimate of drug-likeness (QED) is 0.650. The number of halogens is 2. The van der Waals surface area contributed by atoms with Gasteiger partial charge in [-0.05, 0) is 37.1 Å². The van der Waals surface area contributed by atoms with Crippen molar-refractivity contribution in [3.05, 3.63) is 77.5 Å². The highest BCUT2D eigenvalue weighted by Gasteiger charge is 2.30. The average molecular weight is 399 g/mol. The minimum atomic E-state index is -0.865. The third kappa shape index (κ3) is 4.42. The number of ether oxygens (including phenoxy) is 1. The molecule has 1 fully saturated rings. The Morgan fingerprint density at radius 1 is 1.17 bits per heavy atom. The van der Waals surface area contributed by atoms with Crippen LogP contribution in [0.4, 0.5) is 8.78 Å². The summed E-state index contributed by atoms with van der Waals surface area (Å²) in [6, 6.07) is 12.2. The van der Waals surface area contributed by atoms with E-state index in [1.165, 1.54) is 11.0 Å². The van der Waals surface area contributed by atoms with Gasteiger partial charge in [0.25, 0.3) is 11.8 Å². The van der Waals surface area contributed by atoms with Crippen molar-refractivity contribution in [1.82, 2.24) is 15.1 Å². The fraction of sp³-hybridized carbons (Fsp3) is 0.286. The Morgan fingerprint density at radius 3 is 2.79 bits per heavy atom. The number of amides is 1. The number of aromatic nitrogens is 2. The van der Waals surface area contributed by atoms with Crippen molar-refractivity contribution in [2.45, 2.75) is 25.4 Å². The normalized spacial score (nSPS) is 16.6. The van der Waals surface area contributed by atoms with E-state index in [-0.39, 0.29) is 18.1 Å². The molecule has 2 heterocycles. The van der Waals surface area contributed by atoms with Crippen LogP contribution in [0, 0.1) is 11.6 Å². The van der Waals surface area contributed by atoms with Crippen LogP contribution in [0.3, 0.4) is 0 Å². The maximum atomic E-state index is 14.0. The Balaban J connectivity index is 1.41. The largest absolute Gasteiger partial charge is 0.484 e. The average Bonchev–Trinajstić information content (AvgIpc) is 3.22. The zero-order valence-corrected chi connectivity index (χ0v) is 15.6. The highest BCUT2D eigenvalue weighted by molar-refractivity contribution is 5.94. The van der Waals surface area contributed by atoms with Crippen LogP contribution in [0.5, 0.6) is 5.75 Å². The Labute approximate surface area is 166 Å². The van der Waals surface area contributed by atoms with E-state index in [4.69, 9.17) is 9.15 Å². The number of carbonyl (C=O) groups is 1. The third-order valence-corrected chi connectivity index (χ3v) is 4.81. The van der Waals surface area contributed by atoms with Crippen molar-refractivity contribution in [1.29, 1.82) is 0 Å². The molecule has 2 aromatic carbocycles. The molecule has 150 valence electrons. The van der Waals surface area contributed by atoms with Crippen molar-refractivity contribution in [2.75, 3.05) is 13.1 Å². The molecule has 4 rings (SSSR count). The van der Waals surface area contributed by atoms with E-state index in [1.54, 1.807) is 0 Å². The number of hydrogen-bond donors (Lipinski definition) is 0. The van der Waals surface area contributed by atoms with E-state index in [0.717, 1.165) is 18.9 Å². The molecule has 0 N–H and O–H groups in total. The molecule has 1 unspecified atom stereocenters. The molecule has 1 aliphatic rings. The molecule has 1 saturated heterocycles. The summed E-state index contributed by atoms with van der Waals surface area (Å²) in [6.07, 6.45) is 1.49. The summed E-state index contributed by atoms with van der Waals surface area (Å²) in [5.41, 5.74) is -0.144. The lowest BCUT2D eigenvalue weighted by molar-refractivity contribution is 0.0692. The predicted molar refractivity (Wildman–Crippen MR) is 99.3 cm³/mol. The molecular formula is C21H19F2N3O3. The van der Waals surface area contributed by atoms with Crippen LogP contribution in [0.1, 0.15) is 40.9 Å². The van der Waals surface area contributed by atoms with Gasteiger partial charge in [-0.1, -0.05) is 18.2 Å². The summed E-state index contributed by atoms with van der Waals surface area (Å²) >= 11 is 0. The zero-order chi connectivity index (χ0) is 20.2. The van der Waals surface area contributed by atoms with Crippen molar-refractivity contribution < 1.29 is 22.7 Å². The maximum Gasteiger partial charge on any atom is 0.256 e. The molecule has 0 radical (unpaired) electrons. The SMILES string of the molecule is O=C(c1ccc(F)cc1F)N1CCCC(c2nnc(COc3ccccc3)o2)C1. The molecule has 0 saturated carbocycles. The zero-order valence-electron chi connectivity index (χ0n) is 15.6.